The van der Waals surface area contributed by atoms with E-state index in [0.717, 1.165) is 47.0 Å². The number of nitrogens with one attached hydrogen (secondary N) is 1. The van der Waals surface area contributed by atoms with Gasteiger partial charge < -0.3 is 10.1 Å². The summed E-state index contributed by atoms with van der Waals surface area (Å²) in [6.07, 6.45) is 1.55. The average Bonchev–Trinajstić information content (AvgIpc) is 3.44. The third-order valence-corrected chi connectivity index (χ3v) is 9.84. The minimum atomic E-state index is -4.26. The number of halogens is 1. The number of rotatable bonds is 9. The smallest absolute Gasteiger partial charge is 0.264 e. The van der Waals surface area contributed by atoms with Gasteiger partial charge in [-0.15, -0.1) is 0 Å². The molecule has 0 aromatic heterocycles. The zero-order valence-corrected chi connectivity index (χ0v) is 22.6. The molecule has 1 aliphatic rings. The molecule has 3 aromatic carbocycles. The van der Waals surface area contributed by atoms with Gasteiger partial charge in [-0.1, -0.05) is 17.7 Å². The summed E-state index contributed by atoms with van der Waals surface area (Å²) in [6.45, 7) is 2.05. The van der Waals surface area contributed by atoms with Crippen LogP contribution in [0.15, 0.2) is 76.5 Å². The summed E-state index contributed by atoms with van der Waals surface area (Å²) in [5.41, 5.74) is 1.20. The molecule has 1 N–H and O–H groups in total. The maximum absolute atomic E-state index is 13.5. The first-order valence-corrected chi connectivity index (χ1v) is 14.7. The van der Waals surface area contributed by atoms with Gasteiger partial charge in [0, 0.05) is 13.1 Å². The highest BCUT2D eigenvalue weighted by Crippen LogP contribution is 2.31. The number of nitrogens with zero attached hydrogens (tertiary/aromatic N) is 2. The molecule has 202 valence electrons. The molecule has 12 heteroatoms. The monoisotopic (exact) mass is 561 g/mol. The Morgan fingerprint density at radius 2 is 1.55 bits per heavy atom. The number of aryl methyl sites for hydroxylation is 1. The third kappa shape index (κ3) is 5.82. The predicted molar refractivity (Wildman–Crippen MR) is 142 cm³/mol. The van der Waals surface area contributed by atoms with Gasteiger partial charge in [-0.05, 0) is 74.4 Å². The van der Waals surface area contributed by atoms with Gasteiger partial charge in [-0.2, -0.15) is 4.31 Å². The number of ether oxygens (including phenoxy) is 1. The number of hydrogen-bond acceptors (Lipinski definition) is 6. The molecule has 0 atom stereocenters. The average molecular weight is 562 g/mol. The van der Waals surface area contributed by atoms with E-state index in [1.165, 1.54) is 29.6 Å². The lowest BCUT2D eigenvalue weighted by molar-refractivity contribution is -0.114. The standard InChI is InChI=1S/C26H28FN3O6S2/c1-19-5-9-21(10-6-19)30(38(34,35)22-11-7-20(27)8-12-22)18-26(31)28-24-17-23(13-14-25(24)36-2)37(32,33)29-15-3-4-16-29/h5-14,17H,3-4,15-16,18H2,1-2H3,(H,28,31). The Labute approximate surface area is 221 Å². The largest absolute Gasteiger partial charge is 0.495 e. The second-order valence-electron chi connectivity index (χ2n) is 8.82. The molecule has 4 rings (SSSR count). The molecule has 0 aliphatic carbocycles. The van der Waals surface area contributed by atoms with Crippen molar-refractivity contribution in [3.8, 4) is 5.75 Å². The first kappa shape index (κ1) is 27.6. The summed E-state index contributed by atoms with van der Waals surface area (Å²) in [5.74, 6) is -1.12. The van der Waals surface area contributed by atoms with Crippen LogP contribution in [0.25, 0.3) is 0 Å². The first-order chi connectivity index (χ1) is 18.0. The third-order valence-electron chi connectivity index (χ3n) is 6.16. The fourth-order valence-electron chi connectivity index (χ4n) is 4.10. The zero-order chi connectivity index (χ0) is 27.5. The molecule has 0 spiro atoms. The van der Waals surface area contributed by atoms with Crippen molar-refractivity contribution in [1.82, 2.24) is 4.31 Å². The van der Waals surface area contributed by atoms with Crippen LogP contribution in [-0.4, -0.2) is 53.8 Å². The van der Waals surface area contributed by atoms with E-state index in [0.29, 0.717) is 13.1 Å². The Balaban J connectivity index is 1.65. The number of sulfonamides is 2. The molecular formula is C26H28FN3O6S2. The van der Waals surface area contributed by atoms with Crippen molar-refractivity contribution in [2.45, 2.75) is 29.6 Å². The highest BCUT2D eigenvalue weighted by molar-refractivity contribution is 7.92. The zero-order valence-electron chi connectivity index (χ0n) is 20.9. The first-order valence-electron chi connectivity index (χ1n) is 11.9. The van der Waals surface area contributed by atoms with E-state index >= 15 is 0 Å². The van der Waals surface area contributed by atoms with Crippen molar-refractivity contribution in [1.29, 1.82) is 0 Å². The summed E-state index contributed by atoms with van der Waals surface area (Å²) < 4.78 is 74.1. The van der Waals surface area contributed by atoms with Gasteiger partial charge in [0.1, 0.15) is 18.1 Å². The van der Waals surface area contributed by atoms with Crippen LogP contribution >= 0.6 is 0 Å². The van der Waals surface area contributed by atoms with Gasteiger partial charge in [-0.25, -0.2) is 21.2 Å². The highest BCUT2D eigenvalue weighted by Gasteiger charge is 2.30. The van der Waals surface area contributed by atoms with Gasteiger partial charge >= 0.3 is 0 Å². The van der Waals surface area contributed by atoms with Crippen molar-refractivity contribution >= 4 is 37.3 Å². The molecule has 1 amide bonds. The molecule has 38 heavy (non-hydrogen) atoms. The van der Waals surface area contributed by atoms with Crippen molar-refractivity contribution in [3.05, 3.63) is 78.1 Å². The topological polar surface area (TPSA) is 113 Å². The number of anilines is 2. The maximum Gasteiger partial charge on any atom is 0.264 e. The molecule has 1 aliphatic heterocycles. The van der Waals surface area contributed by atoms with Crippen LogP contribution in [-0.2, 0) is 24.8 Å². The van der Waals surface area contributed by atoms with Crippen LogP contribution in [0.1, 0.15) is 18.4 Å². The van der Waals surface area contributed by atoms with Crippen molar-refractivity contribution in [3.63, 3.8) is 0 Å². The lowest BCUT2D eigenvalue weighted by atomic mass is 10.2. The summed E-state index contributed by atoms with van der Waals surface area (Å²) in [6, 6.07) is 15.0. The lowest BCUT2D eigenvalue weighted by Gasteiger charge is -2.24. The van der Waals surface area contributed by atoms with Gasteiger partial charge in [0.25, 0.3) is 10.0 Å². The predicted octanol–water partition coefficient (Wildman–Crippen LogP) is 3.76. The number of carbonyl (C=O) groups is 1. The molecule has 0 saturated carbocycles. The van der Waals surface area contributed by atoms with Gasteiger partial charge in [0.2, 0.25) is 15.9 Å². The fourth-order valence-corrected chi connectivity index (χ4v) is 7.07. The number of carbonyl (C=O) groups excluding carboxylic acids is 1. The Kier molecular flexibility index (Phi) is 8.05. The van der Waals surface area contributed by atoms with E-state index < -0.39 is 38.3 Å². The van der Waals surface area contributed by atoms with Crippen LogP contribution in [0.4, 0.5) is 15.8 Å². The maximum atomic E-state index is 13.5. The Morgan fingerprint density at radius 1 is 0.947 bits per heavy atom. The normalized spacial score (nSPS) is 14.3. The molecule has 1 fully saturated rings. The number of amides is 1. The van der Waals surface area contributed by atoms with Crippen molar-refractivity contribution in [2.75, 3.05) is 36.4 Å². The SMILES string of the molecule is COc1ccc(S(=O)(=O)N2CCCC2)cc1NC(=O)CN(c1ccc(C)cc1)S(=O)(=O)c1ccc(F)cc1. The summed E-state index contributed by atoms with van der Waals surface area (Å²) in [4.78, 5) is 13.0. The molecule has 0 radical (unpaired) electrons. The van der Waals surface area contributed by atoms with Crippen LogP contribution in [0.3, 0.4) is 0 Å². The van der Waals surface area contributed by atoms with E-state index in [4.69, 9.17) is 4.74 Å². The summed E-state index contributed by atoms with van der Waals surface area (Å²) in [5, 5.41) is 2.60. The summed E-state index contributed by atoms with van der Waals surface area (Å²) in [7, 11) is -6.65. The molecule has 9 nitrogen and oxygen atoms in total. The van der Waals surface area contributed by atoms with E-state index in [1.807, 2.05) is 6.92 Å². The van der Waals surface area contributed by atoms with Crippen LogP contribution in [0.5, 0.6) is 5.75 Å². The molecule has 0 unspecified atom stereocenters. The van der Waals surface area contributed by atoms with Gasteiger partial charge in [0.05, 0.1) is 28.3 Å². The van der Waals surface area contributed by atoms with Crippen molar-refractivity contribution < 1.29 is 30.8 Å². The quantitative estimate of drug-likeness (QED) is 0.426. The Bertz CT molecular complexity index is 1520. The number of hydrogen-bond donors (Lipinski definition) is 1. The molecule has 1 heterocycles. The van der Waals surface area contributed by atoms with E-state index in [2.05, 4.69) is 5.32 Å². The van der Waals surface area contributed by atoms with E-state index in [-0.39, 0.29) is 26.9 Å². The van der Waals surface area contributed by atoms with Gasteiger partial charge in [-0.3, -0.25) is 9.10 Å². The van der Waals surface area contributed by atoms with E-state index in [1.54, 1.807) is 24.3 Å². The Hall–Kier alpha value is -3.48. The minimum Gasteiger partial charge on any atom is -0.495 e. The minimum absolute atomic E-state index is 0.00942. The number of methoxy groups -OCH3 is 1. The van der Waals surface area contributed by atoms with Crippen LogP contribution in [0.2, 0.25) is 0 Å². The second-order valence-corrected chi connectivity index (χ2v) is 12.6. The second kappa shape index (κ2) is 11.1. The fraction of sp³-hybridized carbons (Fsp3) is 0.269. The molecular weight excluding hydrogens is 533 g/mol. The lowest BCUT2D eigenvalue weighted by Crippen LogP contribution is -2.38. The summed E-state index contributed by atoms with van der Waals surface area (Å²) >= 11 is 0. The molecule has 0 bridgehead atoms. The molecule has 3 aromatic rings. The van der Waals surface area contributed by atoms with E-state index in [9.17, 15) is 26.0 Å². The highest BCUT2D eigenvalue weighted by atomic mass is 32.2. The molecule has 1 saturated heterocycles. The number of benzene rings is 3. The van der Waals surface area contributed by atoms with Gasteiger partial charge in [0.15, 0.2) is 0 Å². The van der Waals surface area contributed by atoms with Crippen LogP contribution < -0.4 is 14.4 Å². The Morgan fingerprint density at radius 3 is 2.16 bits per heavy atom. The van der Waals surface area contributed by atoms with Crippen molar-refractivity contribution in [2.24, 2.45) is 0 Å². The van der Waals surface area contributed by atoms with Crippen LogP contribution in [0, 0.1) is 12.7 Å².